The van der Waals surface area contributed by atoms with Gasteiger partial charge in [-0.15, -0.1) is 0 Å². The summed E-state index contributed by atoms with van der Waals surface area (Å²) in [6.45, 7) is 9.03. The Morgan fingerprint density at radius 3 is 2.15 bits per heavy atom. The Labute approximate surface area is 142 Å². The van der Waals surface area contributed by atoms with Gasteiger partial charge in [0.1, 0.15) is 0 Å². The Balaban J connectivity index is -0.000000722. The Morgan fingerprint density at radius 1 is 1.10 bits per heavy atom. The molecule has 0 aromatic rings. The monoisotopic (exact) mass is 460 g/mol. The summed E-state index contributed by atoms with van der Waals surface area (Å²) in [5.41, 5.74) is 2.99. The summed E-state index contributed by atoms with van der Waals surface area (Å²) < 4.78 is 0. The van der Waals surface area contributed by atoms with Crippen LogP contribution in [-0.4, -0.2) is 11.2 Å². The molecule has 2 rings (SSSR count). The van der Waals surface area contributed by atoms with Crippen LogP contribution in [0, 0.1) is 46.0 Å². The van der Waals surface area contributed by atoms with Crippen LogP contribution in [-0.2, 0) is 21.1 Å². The largest absolute Gasteiger partial charge is 0.392 e. The van der Waals surface area contributed by atoms with Crippen molar-refractivity contribution in [2.75, 3.05) is 0 Å². The molecule has 0 amide bonds. The summed E-state index contributed by atoms with van der Waals surface area (Å²) in [4.78, 5) is 0. The van der Waals surface area contributed by atoms with Gasteiger partial charge in [0.05, 0.1) is 6.10 Å². The Hall–Kier alpha value is 0.128. The van der Waals surface area contributed by atoms with Crippen LogP contribution >= 0.6 is 0 Å². The molecule has 0 heterocycles. The molecule has 1 fully saturated rings. The van der Waals surface area contributed by atoms with Gasteiger partial charge in [-0.05, 0) is 37.5 Å². The van der Waals surface area contributed by atoms with E-state index < -0.39 is 0 Å². The van der Waals surface area contributed by atoms with Crippen LogP contribution < -0.4 is 0 Å². The summed E-state index contributed by atoms with van der Waals surface area (Å²) >= 11 is 0. The van der Waals surface area contributed by atoms with Gasteiger partial charge in [-0.3, -0.25) is 0 Å². The second-order valence-electron chi connectivity index (χ2n) is 5.85. The summed E-state index contributed by atoms with van der Waals surface area (Å²) in [5.74, 6) is 2.09. The third-order valence-electron chi connectivity index (χ3n) is 4.36. The van der Waals surface area contributed by atoms with Gasteiger partial charge in [0.15, 0.2) is 0 Å². The van der Waals surface area contributed by atoms with Gasteiger partial charge in [-0.1, -0.05) is 44.1 Å². The van der Waals surface area contributed by atoms with Crippen LogP contribution in [0.25, 0.3) is 0 Å². The van der Waals surface area contributed by atoms with Crippen LogP contribution in [0.15, 0.2) is 23.3 Å². The van der Waals surface area contributed by atoms with E-state index in [2.05, 4.69) is 39.8 Å². The molecule has 20 heavy (non-hydrogen) atoms. The van der Waals surface area contributed by atoms with Crippen LogP contribution in [0.5, 0.6) is 0 Å². The van der Waals surface area contributed by atoms with Crippen molar-refractivity contribution in [3.63, 3.8) is 0 Å². The molecule has 124 valence electrons. The first-order chi connectivity index (χ1) is 7.50. The van der Waals surface area contributed by atoms with Gasteiger partial charge in [0, 0.05) is 27.0 Å². The van der Waals surface area contributed by atoms with Crippen molar-refractivity contribution in [2.45, 2.75) is 46.6 Å². The number of hydrogen-bond acceptors (Lipinski definition) is 1. The fourth-order valence-electron chi connectivity index (χ4n) is 3.47. The van der Waals surface area contributed by atoms with Crippen molar-refractivity contribution in [1.29, 1.82) is 0 Å². The van der Waals surface area contributed by atoms with Crippen molar-refractivity contribution in [1.82, 2.24) is 0 Å². The fraction of sp³-hybridized carbons (Fsp3) is 0.611. The third kappa shape index (κ3) is 4.85. The minimum Gasteiger partial charge on any atom is -0.392 e. The smallest absolute Gasteiger partial charge is 0.0608 e. The molecule has 0 saturated heterocycles. The molecule has 1 N–H and O–H groups in total. The SMILES string of the molecule is CC1=CC(C)C(C(C)C)=CC2C(O)CCC12.[CH3-].[CH3-].[CH3-].[Pt]. The molecular formula is C18H33OPt-3. The molecule has 4 atom stereocenters. The summed E-state index contributed by atoms with van der Waals surface area (Å²) in [7, 11) is 0. The fourth-order valence-corrected chi connectivity index (χ4v) is 3.47. The number of aliphatic hydroxyl groups is 1. The number of aliphatic hydroxyl groups excluding tert-OH is 1. The van der Waals surface area contributed by atoms with E-state index in [4.69, 9.17) is 0 Å². The molecular weight excluding hydrogens is 427 g/mol. The standard InChI is InChI=1S/C15H24O.3CH3.Pt/c1-9(2)13-8-14-12(5-6-15(14)16)10(3)7-11(13)4;;;;/h7-9,11-12,14-16H,5-6H2,1-4H3;3*1H3;/q;3*-1;. The van der Waals surface area contributed by atoms with Gasteiger partial charge >= 0.3 is 0 Å². The van der Waals surface area contributed by atoms with E-state index in [1.807, 2.05) is 0 Å². The van der Waals surface area contributed by atoms with Crippen molar-refractivity contribution in [2.24, 2.45) is 23.7 Å². The van der Waals surface area contributed by atoms with E-state index in [-0.39, 0.29) is 49.4 Å². The average molecular weight is 461 g/mol. The van der Waals surface area contributed by atoms with Crippen molar-refractivity contribution in [3.05, 3.63) is 45.6 Å². The minimum absolute atomic E-state index is 0. The van der Waals surface area contributed by atoms with Gasteiger partial charge in [-0.25, -0.2) is 0 Å². The molecule has 0 aromatic carbocycles. The van der Waals surface area contributed by atoms with Crippen LogP contribution in [0.3, 0.4) is 0 Å². The Bertz CT molecular complexity index is 330. The predicted octanol–water partition coefficient (Wildman–Crippen LogP) is 4.90. The molecule has 0 aliphatic heterocycles. The van der Waals surface area contributed by atoms with Crippen molar-refractivity contribution in [3.8, 4) is 0 Å². The van der Waals surface area contributed by atoms with Gasteiger partial charge < -0.3 is 27.4 Å². The normalized spacial score (nSPS) is 31.3. The van der Waals surface area contributed by atoms with Crippen molar-refractivity contribution >= 4 is 0 Å². The molecule has 0 radical (unpaired) electrons. The van der Waals surface area contributed by atoms with Crippen molar-refractivity contribution < 1.29 is 26.2 Å². The van der Waals surface area contributed by atoms with Crippen LogP contribution in [0.2, 0.25) is 0 Å². The third-order valence-corrected chi connectivity index (χ3v) is 4.36. The zero-order valence-corrected chi connectivity index (χ0v) is 16.5. The zero-order chi connectivity index (χ0) is 11.9. The molecule has 0 bridgehead atoms. The number of hydrogen-bond donors (Lipinski definition) is 1. The first-order valence-electron chi connectivity index (χ1n) is 6.58. The number of rotatable bonds is 1. The average Bonchev–Trinajstić information content (AvgIpc) is 2.49. The maximum Gasteiger partial charge on any atom is 0.0608 e. The molecule has 0 spiro atoms. The van der Waals surface area contributed by atoms with E-state index in [0.29, 0.717) is 23.7 Å². The van der Waals surface area contributed by atoms with Gasteiger partial charge in [0.25, 0.3) is 0 Å². The summed E-state index contributed by atoms with van der Waals surface area (Å²) in [6.07, 6.45) is 6.80. The zero-order valence-electron chi connectivity index (χ0n) is 14.2. The molecule has 4 unspecified atom stereocenters. The first-order valence-corrected chi connectivity index (χ1v) is 6.58. The molecule has 0 aromatic heterocycles. The second kappa shape index (κ2) is 9.96. The van der Waals surface area contributed by atoms with E-state index >= 15 is 0 Å². The minimum atomic E-state index is -0.118. The Kier molecular flexibility index (Phi) is 12.5. The second-order valence-corrected chi connectivity index (χ2v) is 5.85. The first kappa shape index (κ1) is 25.1. The molecule has 2 aliphatic carbocycles. The quantitative estimate of drug-likeness (QED) is 0.436. The summed E-state index contributed by atoms with van der Waals surface area (Å²) in [6, 6.07) is 0. The van der Waals surface area contributed by atoms with Crippen LogP contribution in [0.1, 0.15) is 40.5 Å². The number of allylic oxidation sites excluding steroid dienone is 3. The number of fused-ring (bicyclic) bond motifs is 1. The molecule has 2 aliphatic rings. The van der Waals surface area contributed by atoms with E-state index in [1.165, 1.54) is 11.1 Å². The predicted molar refractivity (Wildman–Crippen MR) is 87.3 cm³/mol. The van der Waals surface area contributed by atoms with Gasteiger partial charge in [-0.2, -0.15) is 0 Å². The van der Waals surface area contributed by atoms with Gasteiger partial charge in [0.2, 0.25) is 0 Å². The maximum atomic E-state index is 10.1. The van der Waals surface area contributed by atoms with Crippen LogP contribution in [0.4, 0.5) is 0 Å². The van der Waals surface area contributed by atoms with E-state index in [1.54, 1.807) is 0 Å². The molecule has 1 nitrogen and oxygen atoms in total. The topological polar surface area (TPSA) is 20.2 Å². The summed E-state index contributed by atoms with van der Waals surface area (Å²) in [5, 5.41) is 10.1. The van der Waals surface area contributed by atoms with E-state index in [0.717, 1.165) is 12.8 Å². The van der Waals surface area contributed by atoms with E-state index in [9.17, 15) is 5.11 Å². The molecule has 2 heteroatoms. The molecule has 1 saturated carbocycles. The maximum absolute atomic E-state index is 10.1. The Morgan fingerprint density at radius 2 is 1.65 bits per heavy atom.